The third-order valence-electron chi connectivity index (χ3n) is 7.94. The van der Waals surface area contributed by atoms with E-state index in [1.165, 1.54) is 11.9 Å². The molecule has 7 heteroatoms. The highest BCUT2D eigenvalue weighted by Gasteiger charge is 2.39. The molecule has 39 heavy (non-hydrogen) atoms. The SMILES string of the molecule is C=C(CCCC)N(Cc1ccc(-c2ccccc2SNc2noc(C)c2C)c(CO)c1)C(=O)C1(C)CCCC1. The predicted molar refractivity (Wildman–Crippen MR) is 159 cm³/mol. The number of hydrogen-bond donors (Lipinski definition) is 2. The Morgan fingerprint density at radius 3 is 2.59 bits per heavy atom. The molecule has 0 atom stereocenters. The van der Waals surface area contributed by atoms with Gasteiger partial charge in [0.15, 0.2) is 5.82 Å². The van der Waals surface area contributed by atoms with Crippen LogP contribution in [0.5, 0.6) is 0 Å². The summed E-state index contributed by atoms with van der Waals surface area (Å²) in [7, 11) is 0. The molecule has 0 bridgehead atoms. The number of unbranched alkanes of at least 4 members (excludes halogenated alkanes) is 1. The van der Waals surface area contributed by atoms with Crippen LogP contribution in [0.2, 0.25) is 0 Å². The summed E-state index contributed by atoms with van der Waals surface area (Å²) in [4.78, 5) is 16.7. The Morgan fingerprint density at radius 2 is 1.92 bits per heavy atom. The molecule has 0 saturated heterocycles. The van der Waals surface area contributed by atoms with E-state index >= 15 is 0 Å². The van der Waals surface area contributed by atoms with Crippen molar-refractivity contribution >= 4 is 23.7 Å². The molecule has 2 aromatic carbocycles. The van der Waals surface area contributed by atoms with Gasteiger partial charge in [0.05, 0.1) is 13.2 Å². The number of hydrogen-bond acceptors (Lipinski definition) is 6. The molecule has 0 unspecified atom stereocenters. The summed E-state index contributed by atoms with van der Waals surface area (Å²) in [6.07, 6.45) is 6.94. The first-order chi connectivity index (χ1) is 18.8. The van der Waals surface area contributed by atoms with E-state index in [0.29, 0.717) is 12.4 Å². The zero-order valence-corrected chi connectivity index (χ0v) is 24.5. The zero-order chi connectivity index (χ0) is 28.0. The van der Waals surface area contributed by atoms with E-state index in [4.69, 9.17) is 4.52 Å². The Kier molecular flexibility index (Phi) is 9.57. The van der Waals surface area contributed by atoms with Crippen LogP contribution in [0.1, 0.15) is 81.2 Å². The maximum absolute atomic E-state index is 13.8. The quantitative estimate of drug-likeness (QED) is 0.223. The number of benzene rings is 2. The number of carbonyl (C=O) groups excluding carboxylic acids is 1. The Labute approximate surface area is 237 Å². The monoisotopic (exact) mass is 547 g/mol. The second-order valence-electron chi connectivity index (χ2n) is 10.9. The first-order valence-corrected chi connectivity index (χ1v) is 14.8. The molecule has 4 rings (SSSR count). The van der Waals surface area contributed by atoms with Gasteiger partial charge in [0.1, 0.15) is 5.76 Å². The van der Waals surface area contributed by atoms with Gasteiger partial charge in [0, 0.05) is 21.6 Å². The van der Waals surface area contributed by atoms with Gasteiger partial charge in [0.2, 0.25) is 5.91 Å². The summed E-state index contributed by atoms with van der Waals surface area (Å²) in [6.45, 7) is 12.8. The number of aromatic nitrogens is 1. The molecule has 1 aliphatic carbocycles. The topological polar surface area (TPSA) is 78.6 Å². The van der Waals surface area contributed by atoms with E-state index in [-0.39, 0.29) is 17.9 Å². The lowest BCUT2D eigenvalue weighted by molar-refractivity contribution is -0.139. The van der Waals surface area contributed by atoms with E-state index < -0.39 is 0 Å². The number of carbonyl (C=O) groups is 1. The fraction of sp³-hybridized carbons (Fsp3) is 0.438. The molecule has 6 nitrogen and oxygen atoms in total. The van der Waals surface area contributed by atoms with Crippen molar-refractivity contribution in [1.29, 1.82) is 0 Å². The minimum absolute atomic E-state index is 0.0976. The lowest BCUT2D eigenvalue weighted by atomic mass is 9.86. The highest BCUT2D eigenvalue weighted by atomic mass is 32.2. The van der Waals surface area contributed by atoms with Crippen molar-refractivity contribution in [1.82, 2.24) is 10.1 Å². The van der Waals surface area contributed by atoms with Crippen LogP contribution in [0, 0.1) is 19.3 Å². The number of anilines is 1. The summed E-state index contributed by atoms with van der Waals surface area (Å²) < 4.78 is 8.58. The lowest BCUT2D eigenvalue weighted by Gasteiger charge is -2.33. The molecule has 1 fully saturated rings. The maximum atomic E-state index is 13.8. The molecule has 0 aliphatic heterocycles. The smallest absolute Gasteiger partial charge is 0.232 e. The van der Waals surface area contributed by atoms with Crippen LogP contribution in [0.15, 0.2) is 64.2 Å². The van der Waals surface area contributed by atoms with Gasteiger partial charge in [0.25, 0.3) is 0 Å². The van der Waals surface area contributed by atoms with Gasteiger partial charge in [-0.2, -0.15) is 0 Å². The number of aliphatic hydroxyl groups excluding tert-OH is 1. The highest BCUT2D eigenvalue weighted by Crippen LogP contribution is 2.41. The minimum Gasteiger partial charge on any atom is -0.392 e. The molecule has 1 saturated carbocycles. The molecule has 0 radical (unpaired) electrons. The van der Waals surface area contributed by atoms with Crippen LogP contribution in [0.4, 0.5) is 5.82 Å². The van der Waals surface area contributed by atoms with Crippen molar-refractivity contribution in [2.24, 2.45) is 5.41 Å². The van der Waals surface area contributed by atoms with Crippen LogP contribution in [-0.4, -0.2) is 21.1 Å². The average molecular weight is 548 g/mol. The van der Waals surface area contributed by atoms with Crippen LogP contribution < -0.4 is 4.72 Å². The summed E-state index contributed by atoms with van der Waals surface area (Å²) in [5.41, 5.74) is 5.34. The number of rotatable bonds is 12. The molecule has 1 amide bonds. The van der Waals surface area contributed by atoms with Gasteiger partial charge >= 0.3 is 0 Å². The largest absolute Gasteiger partial charge is 0.392 e. The third-order valence-corrected chi connectivity index (χ3v) is 8.81. The molecular weight excluding hydrogens is 506 g/mol. The van der Waals surface area contributed by atoms with Gasteiger partial charge in [-0.25, -0.2) is 0 Å². The normalized spacial score (nSPS) is 14.4. The van der Waals surface area contributed by atoms with E-state index in [9.17, 15) is 9.90 Å². The molecular formula is C32H41N3O3S. The zero-order valence-electron chi connectivity index (χ0n) is 23.7. The highest BCUT2D eigenvalue weighted by molar-refractivity contribution is 8.00. The van der Waals surface area contributed by atoms with Crippen molar-refractivity contribution < 1.29 is 14.4 Å². The van der Waals surface area contributed by atoms with Crippen LogP contribution >= 0.6 is 11.9 Å². The van der Waals surface area contributed by atoms with E-state index in [1.54, 1.807) is 0 Å². The molecule has 1 aliphatic rings. The second-order valence-corrected chi connectivity index (χ2v) is 11.7. The molecule has 3 aromatic rings. The predicted octanol–water partition coefficient (Wildman–Crippen LogP) is 8.18. The van der Waals surface area contributed by atoms with E-state index in [2.05, 4.69) is 48.5 Å². The standard InChI is InChI=1S/C32H41N3O3S/c1-6-7-12-22(2)35(31(37)32(5)17-10-11-18-32)20-25-15-16-27(26(19-25)21-36)28-13-8-9-14-29(28)39-34-30-23(3)24(4)38-33-30/h8-9,13-16,19,36H,2,6-7,10-12,17-18,20-21H2,1,3-5H3,(H,33,34). The van der Waals surface area contributed by atoms with Gasteiger partial charge in [-0.3, -0.25) is 4.79 Å². The third kappa shape index (κ3) is 6.59. The minimum atomic E-state index is -0.321. The molecule has 2 N–H and O–H groups in total. The van der Waals surface area contributed by atoms with Crippen molar-refractivity contribution in [2.45, 2.75) is 90.7 Å². The fourth-order valence-electron chi connectivity index (χ4n) is 5.25. The van der Waals surface area contributed by atoms with Crippen molar-refractivity contribution in [2.75, 3.05) is 4.72 Å². The van der Waals surface area contributed by atoms with Crippen molar-refractivity contribution in [3.05, 3.63) is 77.2 Å². The Bertz CT molecular complexity index is 1310. The van der Waals surface area contributed by atoms with Crippen molar-refractivity contribution in [3.8, 4) is 11.1 Å². The van der Waals surface area contributed by atoms with E-state index in [0.717, 1.165) is 89.1 Å². The Morgan fingerprint density at radius 1 is 1.18 bits per heavy atom. The number of aliphatic hydroxyl groups is 1. The van der Waals surface area contributed by atoms with Gasteiger partial charge in [-0.05, 0) is 79.8 Å². The van der Waals surface area contributed by atoms with E-state index in [1.807, 2.05) is 43.0 Å². The molecule has 0 spiro atoms. The summed E-state index contributed by atoms with van der Waals surface area (Å²) in [6, 6.07) is 14.3. The molecule has 208 valence electrons. The Balaban J connectivity index is 1.60. The molecule has 1 aromatic heterocycles. The fourth-order valence-corrected chi connectivity index (χ4v) is 6.09. The first-order valence-electron chi connectivity index (χ1n) is 13.9. The Hall–Kier alpha value is -3.03. The van der Waals surface area contributed by atoms with Gasteiger partial charge < -0.3 is 19.3 Å². The van der Waals surface area contributed by atoms with Crippen LogP contribution in [-0.2, 0) is 17.9 Å². The maximum Gasteiger partial charge on any atom is 0.232 e. The van der Waals surface area contributed by atoms with Crippen molar-refractivity contribution in [3.63, 3.8) is 0 Å². The number of allylic oxidation sites excluding steroid dienone is 1. The average Bonchev–Trinajstić information content (AvgIpc) is 3.54. The number of nitrogens with one attached hydrogen (secondary N) is 1. The molecule has 1 heterocycles. The number of amides is 1. The number of nitrogens with zero attached hydrogens (tertiary/aromatic N) is 2. The lowest BCUT2D eigenvalue weighted by Crippen LogP contribution is -2.40. The summed E-state index contributed by atoms with van der Waals surface area (Å²) >= 11 is 1.47. The van der Waals surface area contributed by atoms with Crippen LogP contribution in [0.3, 0.4) is 0 Å². The van der Waals surface area contributed by atoms with Crippen LogP contribution in [0.25, 0.3) is 11.1 Å². The first kappa shape index (κ1) is 29.0. The van der Waals surface area contributed by atoms with Gasteiger partial charge in [-0.15, -0.1) is 0 Å². The number of aryl methyl sites for hydroxylation is 1. The second kappa shape index (κ2) is 12.9. The summed E-state index contributed by atoms with van der Waals surface area (Å²) in [5, 5.41) is 14.5. The summed E-state index contributed by atoms with van der Waals surface area (Å²) in [5.74, 6) is 1.67. The van der Waals surface area contributed by atoms with Gasteiger partial charge in [-0.1, -0.05) is 81.2 Å².